The van der Waals surface area contributed by atoms with Crippen LogP contribution in [0.15, 0.2) is 12.2 Å². The summed E-state index contributed by atoms with van der Waals surface area (Å²) in [5, 5.41) is 0. The first-order valence-corrected chi connectivity index (χ1v) is 7.16. The molecular formula is C15H28O4. The summed E-state index contributed by atoms with van der Waals surface area (Å²) in [6, 6.07) is 0. The lowest BCUT2D eigenvalue weighted by atomic mass is 10.3. The topological polar surface area (TPSA) is 44.8 Å². The van der Waals surface area contributed by atoms with Gasteiger partial charge in [0.15, 0.2) is 0 Å². The van der Waals surface area contributed by atoms with E-state index < -0.39 is 0 Å². The molecule has 0 aliphatic carbocycles. The van der Waals surface area contributed by atoms with E-state index in [4.69, 9.17) is 14.2 Å². The number of carbonyl (C=O) groups is 1. The Morgan fingerprint density at radius 3 is 1.84 bits per heavy atom. The zero-order chi connectivity index (χ0) is 14.3. The van der Waals surface area contributed by atoms with Gasteiger partial charge in [-0.05, 0) is 39.0 Å². The van der Waals surface area contributed by atoms with E-state index in [1.807, 2.05) is 0 Å². The van der Waals surface area contributed by atoms with Crippen molar-refractivity contribution in [1.29, 1.82) is 0 Å². The van der Waals surface area contributed by atoms with Crippen LogP contribution in [0.25, 0.3) is 0 Å². The second-order valence-electron chi connectivity index (χ2n) is 4.56. The molecule has 0 N–H and O–H groups in total. The van der Waals surface area contributed by atoms with E-state index in [9.17, 15) is 4.79 Å². The van der Waals surface area contributed by atoms with Gasteiger partial charge in [-0.15, -0.1) is 0 Å². The molecule has 112 valence electrons. The standard InChI is InChI=1S/C15H28O4/c1-4-9-17-10-5-6-11-18-12-7-8-13-19-15(16)14(2)3/h2,4-13H2,1,3H3. The van der Waals surface area contributed by atoms with Crippen LogP contribution >= 0.6 is 0 Å². The molecule has 0 aromatic rings. The fourth-order valence-electron chi connectivity index (χ4n) is 1.35. The minimum Gasteiger partial charge on any atom is -0.462 e. The van der Waals surface area contributed by atoms with E-state index >= 15 is 0 Å². The largest absolute Gasteiger partial charge is 0.462 e. The fraction of sp³-hybridized carbons (Fsp3) is 0.800. The summed E-state index contributed by atoms with van der Waals surface area (Å²) in [5.74, 6) is -0.312. The van der Waals surface area contributed by atoms with Gasteiger partial charge >= 0.3 is 5.97 Å². The lowest BCUT2D eigenvalue weighted by molar-refractivity contribution is -0.139. The number of unbranched alkanes of at least 4 members (excludes halogenated alkanes) is 2. The summed E-state index contributed by atoms with van der Waals surface area (Å²) in [7, 11) is 0. The van der Waals surface area contributed by atoms with E-state index in [1.165, 1.54) is 0 Å². The molecule has 0 rings (SSSR count). The van der Waals surface area contributed by atoms with Crippen LogP contribution in [-0.2, 0) is 19.0 Å². The third-order valence-corrected chi connectivity index (χ3v) is 2.44. The van der Waals surface area contributed by atoms with Gasteiger partial charge in [0, 0.05) is 32.0 Å². The average molecular weight is 272 g/mol. The van der Waals surface area contributed by atoms with Crippen molar-refractivity contribution in [2.24, 2.45) is 0 Å². The Morgan fingerprint density at radius 2 is 1.37 bits per heavy atom. The Labute approximate surface area is 117 Å². The molecule has 0 radical (unpaired) electrons. The molecule has 4 heteroatoms. The van der Waals surface area contributed by atoms with Crippen molar-refractivity contribution in [2.75, 3.05) is 33.0 Å². The average Bonchev–Trinajstić information content (AvgIpc) is 2.39. The van der Waals surface area contributed by atoms with E-state index in [-0.39, 0.29) is 5.97 Å². The molecule has 4 nitrogen and oxygen atoms in total. The highest BCUT2D eigenvalue weighted by Crippen LogP contribution is 1.98. The van der Waals surface area contributed by atoms with Crippen LogP contribution in [-0.4, -0.2) is 39.0 Å². The Morgan fingerprint density at radius 1 is 0.895 bits per heavy atom. The van der Waals surface area contributed by atoms with Gasteiger partial charge in [-0.2, -0.15) is 0 Å². The van der Waals surface area contributed by atoms with Crippen molar-refractivity contribution in [1.82, 2.24) is 0 Å². The Balaban J connectivity index is 3.07. The molecular weight excluding hydrogens is 244 g/mol. The first kappa shape index (κ1) is 18.1. The number of carbonyl (C=O) groups excluding carboxylic acids is 1. The van der Waals surface area contributed by atoms with Crippen molar-refractivity contribution in [3.05, 3.63) is 12.2 Å². The highest BCUT2D eigenvalue weighted by Gasteiger charge is 2.01. The smallest absolute Gasteiger partial charge is 0.333 e. The van der Waals surface area contributed by atoms with Crippen LogP contribution in [0, 0.1) is 0 Å². The first-order chi connectivity index (χ1) is 9.18. The second-order valence-corrected chi connectivity index (χ2v) is 4.56. The van der Waals surface area contributed by atoms with Crippen molar-refractivity contribution < 1.29 is 19.0 Å². The van der Waals surface area contributed by atoms with Gasteiger partial charge in [0.1, 0.15) is 0 Å². The zero-order valence-electron chi connectivity index (χ0n) is 12.4. The highest BCUT2D eigenvalue weighted by molar-refractivity contribution is 5.86. The molecule has 0 spiro atoms. The van der Waals surface area contributed by atoms with Crippen LogP contribution in [0.2, 0.25) is 0 Å². The van der Waals surface area contributed by atoms with Gasteiger partial charge in [0.05, 0.1) is 6.61 Å². The molecule has 0 heterocycles. The van der Waals surface area contributed by atoms with Gasteiger partial charge in [-0.1, -0.05) is 13.5 Å². The summed E-state index contributed by atoms with van der Waals surface area (Å²) in [6.07, 6.45) is 4.91. The predicted molar refractivity (Wildman–Crippen MR) is 76.2 cm³/mol. The Hall–Kier alpha value is -0.870. The molecule has 0 aliphatic heterocycles. The summed E-state index contributed by atoms with van der Waals surface area (Å²) in [6.45, 7) is 10.9. The molecule has 0 saturated heterocycles. The molecule has 0 aromatic carbocycles. The number of hydrogen-bond donors (Lipinski definition) is 0. The monoisotopic (exact) mass is 272 g/mol. The zero-order valence-corrected chi connectivity index (χ0v) is 12.4. The van der Waals surface area contributed by atoms with Crippen molar-refractivity contribution >= 4 is 5.97 Å². The highest BCUT2D eigenvalue weighted by atomic mass is 16.5. The first-order valence-electron chi connectivity index (χ1n) is 7.16. The van der Waals surface area contributed by atoms with Crippen molar-refractivity contribution in [3.63, 3.8) is 0 Å². The molecule has 0 atom stereocenters. The van der Waals surface area contributed by atoms with Gasteiger partial charge < -0.3 is 14.2 Å². The van der Waals surface area contributed by atoms with Gasteiger partial charge in [-0.25, -0.2) is 4.79 Å². The molecule has 0 fully saturated rings. The molecule has 0 unspecified atom stereocenters. The maximum atomic E-state index is 11.1. The second kappa shape index (κ2) is 13.6. The molecule has 19 heavy (non-hydrogen) atoms. The Kier molecular flexibility index (Phi) is 12.9. The predicted octanol–water partition coefficient (Wildman–Crippen LogP) is 3.11. The minimum absolute atomic E-state index is 0.312. The number of hydrogen-bond acceptors (Lipinski definition) is 4. The minimum atomic E-state index is -0.312. The number of esters is 1. The van der Waals surface area contributed by atoms with E-state index in [0.29, 0.717) is 12.2 Å². The van der Waals surface area contributed by atoms with E-state index in [1.54, 1.807) is 6.92 Å². The Bertz CT molecular complexity index is 238. The van der Waals surface area contributed by atoms with Crippen LogP contribution in [0.4, 0.5) is 0 Å². The van der Waals surface area contributed by atoms with E-state index in [2.05, 4.69) is 13.5 Å². The van der Waals surface area contributed by atoms with Crippen LogP contribution in [0.3, 0.4) is 0 Å². The molecule has 0 amide bonds. The maximum Gasteiger partial charge on any atom is 0.333 e. The summed E-state index contributed by atoms with van der Waals surface area (Å²) < 4.78 is 15.8. The van der Waals surface area contributed by atoms with Crippen LogP contribution in [0.5, 0.6) is 0 Å². The van der Waals surface area contributed by atoms with E-state index in [0.717, 1.165) is 58.5 Å². The van der Waals surface area contributed by atoms with Crippen molar-refractivity contribution in [3.8, 4) is 0 Å². The lowest BCUT2D eigenvalue weighted by Crippen LogP contribution is -2.07. The third-order valence-electron chi connectivity index (χ3n) is 2.44. The SMILES string of the molecule is C=C(C)C(=O)OCCCCOCCCCOCCC. The molecule has 0 aliphatic rings. The van der Waals surface area contributed by atoms with Crippen LogP contribution in [0.1, 0.15) is 46.0 Å². The quantitative estimate of drug-likeness (QED) is 0.293. The molecule has 0 bridgehead atoms. The summed E-state index contributed by atoms with van der Waals surface area (Å²) in [4.78, 5) is 11.1. The number of rotatable bonds is 13. The van der Waals surface area contributed by atoms with Gasteiger partial charge in [-0.3, -0.25) is 0 Å². The summed E-state index contributed by atoms with van der Waals surface area (Å²) in [5.41, 5.74) is 0.446. The fourth-order valence-corrected chi connectivity index (χ4v) is 1.35. The molecule has 0 aromatic heterocycles. The van der Waals surface area contributed by atoms with Crippen molar-refractivity contribution in [2.45, 2.75) is 46.0 Å². The normalized spacial score (nSPS) is 10.4. The third kappa shape index (κ3) is 13.4. The van der Waals surface area contributed by atoms with Gasteiger partial charge in [0.2, 0.25) is 0 Å². The lowest BCUT2D eigenvalue weighted by Gasteiger charge is -2.06. The number of ether oxygens (including phenoxy) is 3. The van der Waals surface area contributed by atoms with Gasteiger partial charge in [0.25, 0.3) is 0 Å². The van der Waals surface area contributed by atoms with Crippen LogP contribution < -0.4 is 0 Å². The summed E-state index contributed by atoms with van der Waals surface area (Å²) >= 11 is 0. The molecule has 0 saturated carbocycles. The maximum absolute atomic E-state index is 11.1.